The molecule has 17 heavy (non-hydrogen) atoms. The number of thioether (sulfide) groups is 1. The monoisotopic (exact) mass is 258 g/mol. The van der Waals surface area contributed by atoms with Gasteiger partial charge < -0.3 is 10.1 Å². The maximum Gasteiger partial charge on any atom is 0.157 e. The van der Waals surface area contributed by atoms with E-state index < -0.39 is 0 Å². The van der Waals surface area contributed by atoms with Gasteiger partial charge in [0.2, 0.25) is 0 Å². The van der Waals surface area contributed by atoms with Crippen molar-refractivity contribution in [1.29, 1.82) is 0 Å². The highest BCUT2D eigenvalue weighted by molar-refractivity contribution is 8.14. The molecule has 0 saturated carbocycles. The molecule has 0 amide bonds. The largest absolute Gasteiger partial charge is 0.379 e. The van der Waals surface area contributed by atoms with Crippen molar-refractivity contribution < 1.29 is 4.74 Å². The summed E-state index contributed by atoms with van der Waals surface area (Å²) < 4.78 is 5.52. The Morgan fingerprint density at radius 1 is 1.35 bits per heavy atom. The van der Waals surface area contributed by atoms with Crippen LogP contribution in [0.2, 0.25) is 0 Å². The quantitative estimate of drug-likeness (QED) is 0.713. The molecule has 0 aromatic rings. The zero-order chi connectivity index (χ0) is 12.7. The minimum Gasteiger partial charge on any atom is -0.379 e. The Bertz CT molecular complexity index is 242. The Labute approximate surface area is 110 Å². The SMILES string of the molecule is CC(C)COCCNC1=NCC(CC(C)C)S1. The molecule has 0 aromatic carbocycles. The van der Waals surface area contributed by atoms with Crippen LogP contribution in [-0.2, 0) is 4.74 Å². The first-order valence-corrected chi connectivity index (χ1v) is 7.48. The topological polar surface area (TPSA) is 33.6 Å². The van der Waals surface area contributed by atoms with E-state index in [1.54, 1.807) is 0 Å². The Morgan fingerprint density at radius 3 is 2.76 bits per heavy atom. The van der Waals surface area contributed by atoms with Crippen molar-refractivity contribution in [2.24, 2.45) is 16.8 Å². The summed E-state index contributed by atoms with van der Waals surface area (Å²) in [5.74, 6) is 1.38. The number of amidine groups is 1. The van der Waals surface area contributed by atoms with Gasteiger partial charge in [-0.15, -0.1) is 0 Å². The lowest BCUT2D eigenvalue weighted by Gasteiger charge is -2.11. The van der Waals surface area contributed by atoms with Crippen LogP contribution >= 0.6 is 11.8 Å². The average molecular weight is 258 g/mol. The molecule has 0 saturated heterocycles. The molecule has 0 radical (unpaired) electrons. The highest BCUT2D eigenvalue weighted by Gasteiger charge is 2.19. The van der Waals surface area contributed by atoms with Crippen LogP contribution in [0.1, 0.15) is 34.1 Å². The van der Waals surface area contributed by atoms with E-state index in [0.717, 1.165) is 37.4 Å². The van der Waals surface area contributed by atoms with Gasteiger partial charge in [0, 0.05) is 18.4 Å². The van der Waals surface area contributed by atoms with E-state index in [9.17, 15) is 0 Å². The van der Waals surface area contributed by atoms with Gasteiger partial charge in [-0.2, -0.15) is 0 Å². The fourth-order valence-corrected chi connectivity index (χ4v) is 2.99. The molecule has 0 aromatic heterocycles. The molecule has 0 spiro atoms. The third kappa shape index (κ3) is 6.94. The second-order valence-electron chi connectivity index (χ2n) is 5.41. The van der Waals surface area contributed by atoms with Crippen LogP contribution in [0.3, 0.4) is 0 Å². The van der Waals surface area contributed by atoms with Crippen LogP contribution in [0.15, 0.2) is 4.99 Å². The maximum atomic E-state index is 5.52. The summed E-state index contributed by atoms with van der Waals surface area (Å²) in [5.41, 5.74) is 0. The summed E-state index contributed by atoms with van der Waals surface area (Å²) in [7, 11) is 0. The normalized spacial score (nSPS) is 20.1. The van der Waals surface area contributed by atoms with E-state index in [4.69, 9.17) is 4.74 Å². The lowest BCUT2D eigenvalue weighted by Crippen LogP contribution is -2.24. The van der Waals surface area contributed by atoms with Crippen molar-refractivity contribution in [1.82, 2.24) is 5.32 Å². The van der Waals surface area contributed by atoms with Crippen molar-refractivity contribution >= 4 is 16.9 Å². The number of nitrogens with one attached hydrogen (secondary N) is 1. The molecule has 1 rings (SSSR count). The number of nitrogens with zero attached hydrogens (tertiary/aromatic N) is 1. The molecule has 100 valence electrons. The van der Waals surface area contributed by atoms with Crippen molar-refractivity contribution in [3.8, 4) is 0 Å². The predicted molar refractivity (Wildman–Crippen MR) is 76.8 cm³/mol. The summed E-state index contributed by atoms with van der Waals surface area (Å²) in [6.07, 6.45) is 1.25. The summed E-state index contributed by atoms with van der Waals surface area (Å²) >= 11 is 1.89. The van der Waals surface area contributed by atoms with Crippen molar-refractivity contribution in [3.63, 3.8) is 0 Å². The molecular weight excluding hydrogens is 232 g/mol. The molecule has 4 heteroatoms. The van der Waals surface area contributed by atoms with Crippen LogP contribution < -0.4 is 5.32 Å². The molecule has 1 heterocycles. The fraction of sp³-hybridized carbons (Fsp3) is 0.923. The minimum atomic E-state index is 0.614. The molecule has 0 aliphatic carbocycles. The first kappa shape index (κ1) is 14.8. The predicted octanol–water partition coefficient (Wildman–Crippen LogP) is 2.77. The Balaban J connectivity index is 2.02. The van der Waals surface area contributed by atoms with E-state index >= 15 is 0 Å². The maximum absolute atomic E-state index is 5.52. The summed E-state index contributed by atoms with van der Waals surface area (Å²) in [6.45, 7) is 12.3. The molecule has 1 aliphatic heterocycles. The first-order chi connectivity index (χ1) is 8.08. The van der Waals surface area contributed by atoms with Gasteiger partial charge in [0.25, 0.3) is 0 Å². The molecule has 0 bridgehead atoms. The second-order valence-corrected chi connectivity index (χ2v) is 6.70. The molecular formula is C13H26N2OS. The lowest BCUT2D eigenvalue weighted by atomic mass is 10.1. The van der Waals surface area contributed by atoms with Gasteiger partial charge in [0.1, 0.15) is 0 Å². The minimum absolute atomic E-state index is 0.614. The van der Waals surface area contributed by atoms with Crippen molar-refractivity contribution in [3.05, 3.63) is 0 Å². The second kappa shape index (κ2) is 7.98. The van der Waals surface area contributed by atoms with Crippen LogP contribution in [0.25, 0.3) is 0 Å². The molecule has 1 atom stereocenters. The summed E-state index contributed by atoms with van der Waals surface area (Å²) in [5, 5.41) is 5.12. The highest BCUT2D eigenvalue weighted by Crippen LogP contribution is 2.25. The van der Waals surface area contributed by atoms with E-state index in [1.807, 2.05) is 11.8 Å². The van der Waals surface area contributed by atoms with Gasteiger partial charge in [-0.05, 0) is 18.3 Å². The Kier molecular flexibility index (Phi) is 6.97. The van der Waals surface area contributed by atoms with E-state index in [0.29, 0.717) is 11.2 Å². The van der Waals surface area contributed by atoms with Crippen molar-refractivity contribution in [2.45, 2.75) is 39.4 Å². The molecule has 3 nitrogen and oxygen atoms in total. The number of hydrogen-bond acceptors (Lipinski definition) is 4. The third-order valence-corrected chi connectivity index (χ3v) is 3.60. The van der Waals surface area contributed by atoms with Gasteiger partial charge in [-0.1, -0.05) is 39.5 Å². The number of aliphatic imine (C=N–C) groups is 1. The van der Waals surface area contributed by atoms with Crippen LogP contribution in [0.5, 0.6) is 0 Å². The number of ether oxygens (including phenoxy) is 1. The van der Waals surface area contributed by atoms with Gasteiger partial charge >= 0.3 is 0 Å². The van der Waals surface area contributed by atoms with E-state index in [2.05, 4.69) is 38.0 Å². The number of rotatable bonds is 7. The summed E-state index contributed by atoms with van der Waals surface area (Å²) in [6, 6.07) is 0. The zero-order valence-electron chi connectivity index (χ0n) is 11.5. The van der Waals surface area contributed by atoms with Gasteiger partial charge in [-0.25, -0.2) is 0 Å². The van der Waals surface area contributed by atoms with Crippen LogP contribution in [-0.4, -0.2) is 36.7 Å². The summed E-state index contributed by atoms with van der Waals surface area (Å²) in [4.78, 5) is 4.52. The fourth-order valence-electron chi connectivity index (χ4n) is 1.71. The smallest absolute Gasteiger partial charge is 0.157 e. The molecule has 1 aliphatic rings. The zero-order valence-corrected chi connectivity index (χ0v) is 12.3. The average Bonchev–Trinajstić information content (AvgIpc) is 2.63. The Hall–Kier alpha value is -0.220. The molecule has 0 fully saturated rings. The van der Waals surface area contributed by atoms with Gasteiger partial charge in [0.05, 0.1) is 13.2 Å². The first-order valence-electron chi connectivity index (χ1n) is 6.60. The van der Waals surface area contributed by atoms with Gasteiger partial charge in [0.15, 0.2) is 5.17 Å². The number of hydrogen-bond donors (Lipinski definition) is 1. The third-order valence-electron chi connectivity index (χ3n) is 2.42. The van der Waals surface area contributed by atoms with Crippen LogP contribution in [0.4, 0.5) is 0 Å². The van der Waals surface area contributed by atoms with E-state index in [-0.39, 0.29) is 0 Å². The highest BCUT2D eigenvalue weighted by atomic mass is 32.2. The standard InChI is InChI=1S/C13H26N2OS/c1-10(2)7-12-8-15-13(17-12)14-5-6-16-9-11(3)4/h10-12H,5-9H2,1-4H3,(H,14,15). The molecule has 1 N–H and O–H groups in total. The molecule has 1 unspecified atom stereocenters. The van der Waals surface area contributed by atoms with Gasteiger partial charge in [-0.3, -0.25) is 4.99 Å². The lowest BCUT2D eigenvalue weighted by molar-refractivity contribution is 0.114. The Morgan fingerprint density at radius 2 is 2.12 bits per heavy atom. The van der Waals surface area contributed by atoms with Crippen LogP contribution in [0, 0.1) is 11.8 Å². The van der Waals surface area contributed by atoms with Crippen molar-refractivity contribution in [2.75, 3.05) is 26.3 Å². The van der Waals surface area contributed by atoms with E-state index in [1.165, 1.54) is 6.42 Å².